The lowest BCUT2D eigenvalue weighted by atomic mass is 9.84. The maximum atomic E-state index is 15.2. The summed E-state index contributed by atoms with van der Waals surface area (Å²) < 4.78 is 24.0. The number of rotatable bonds is 6. The molecule has 1 atom stereocenters. The van der Waals surface area contributed by atoms with E-state index >= 15 is 4.39 Å². The van der Waals surface area contributed by atoms with Crippen molar-refractivity contribution >= 4 is 30.9 Å². The molecule has 2 aromatic rings. The molecule has 1 aromatic carbocycles. The second kappa shape index (κ2) is 9.13. The number of fused-ring (bicyclic) bond motifs is 1. The van der Waals surface area contributed by atoms with Crippen LogP contribution in [0.25, 0.3) is 11.0 Å². The molecule has 0 bridgehead atoms. The van der Waals surface area contributed by atoms with Crippen molar-refractivity contribution in [3.05, 3.63) is 28.4 Å². The highest BCUT2D eigenvalue weighted by molar-refractivity contribution is 6.76. The summed E-state index contributed by atoms with van der Waals surface area (Å²) in [5.41, 5.74) is 0.863. The van der Waals surface area contributed by atoms with Gasteiger partial charge in [0.1, 0.15) is 12.5 Å². The lowest BCUT2D eigenvalue weighted by Crippen LogP contribution is -2.59. The topological polar surface area (TPSA) is 79.9 Å². The van der Waals surface area contributed by atoms with E-state index in [2.05, 4.69) is 19.6 Å². The molecule has 1 aromatic heterocycles. The summed E-state index contributed by atoms with van der Waals surface area (Å²) in [6, 6.07) is 3.67. The van der Waals surface area contributed by atoms with E-state index in [0.717, 1.165) is 6.04 Å². The minimum absolute atomic E-state index is 0.114. The number of imidazole rings is 1. The van der Waals surface area contributed by atoms with E-state index in [1.165, 1.54) is 20.1 Å². The standard InChI is InChI=1S/C23H37FN4O4Si/c1-23(2,3)18-14-26(10-11-27(18)22(30)31)19-16(24)8-9-17-20(19)25(4)21(29)28(17)15-32-12-13-33(5,6)7/h8-9,18H,10-15H2,1-7H3,(H,30,31). The van der Waals surface area contributed by atoms with Gasteiger partial charge >= 0.3 is 11.8 Å². The first kappa shape index (κ1) is 25.3. The quantitative estimate of drug-likeness (QED) is 0.499. The molecular formula is C23H37FN4O4Si. The van der Waals surface area contributed by atoms with Gasteiger partial charge in [0.2, 0.25) is 0 Å². The average molecular weight is 481 g/mol. The summed E-state index contributed by atoms with van der Waals surface area (Å²) in [6.07, 6.45) is -0.970. The second-order valence-corrected chi connectivity index (χ2v) is 16.8. The largest absolute Gasteiger partial charge is 0.465 e. The fraction of sp³-hybridized carbons (Fsp3) is 0.652. The van der Waals surface area contributed by atoms with E-state index in [1.807, 2.05) is 25.7 Å². The summed E-state index contributed by atoms with van der Waals surface area (Å²) in [6.45, 7) is 14.4. The van der Waals surface area contributed by atoms with Gasteiger partial charge in [0.05, 0.1) is 22.8 Å². The van der Waals surface area contributed by atoms with E-state index in [1.54, 1.807) is 13.1 Å². The Morgan fingerprint density at radius 2 is 1.91 bits per heavy atom. The zero-order chi connectivity index (χ0) is 24.7. The molecule has 33 heavy (non-hydrogen) atoms. The molecule has 0 aliphatic carbocycles. The number of carbonyl (C=O) groups is 1. The second-order valence-electron chi connectivity index (χ2n) is 11.2. The normalized spacial score (nSPS) is 17.8. The molecule has 2 heterocycles. The molecule has 1 aliphatic heterocycles. The Bertz CT molecular complexity index is 1080. The minimum atomic E-state index is -1.25. The van der Waals surface area contributed by atoms with Crippen LogP contribution in [0.15, 0.2) is 16.9 Å². The summed E-state index contributed by atoms with van der Waals surface area (Å²) in [5.74, 6) is -0.425. The van der Waals surface area contributed by atoms with Gasteiger partial charge in [0, 0.05) is 41.4 Å². The fourth-order valence-electron chi connectivity index (χ4n) is 4.39. The number of carboxylic acid groups (broad SMARTS) is 1. The molecule has 8 nitrogen and oxygen atoms in total. The number of piperazine rings is 1. The average Bonchev–Trinajstić information content (AvgIpc) is 2.94. The lowest BCUT2D eigenvalue weighted by molar-refractivity contribution is 0.0748. The van der Waals surface area contributed by atoms with Gasteiger partial charge in [-0.25, -0.2) is 14.0 Å². The van der Waals surface area contributed by atoms with Gasteiger partial charge < -0.3 is 19.6 Å². The number of hydrogen-bond acceptors (Lipinski definition) is 4. The van der Waals surface area contributed by atoms with Gasteiger partial charge in [-0.05, 0) is 23.6 Å². The predicted molar refractivity (Wildman–Crippen MR) is 131 cm³/mol. The first-order chi connectivity index (χ1) is 15.2. The fourth-order valence-corrected chi connectivity index (χ4v) is 5.15. The van der Waals surface area contributed by atoms with Crippen LogP contribution in [-0.4, -0.2) is 65.6 Å². The van der Waals surface area contributed by atoms with E-state index in [-0.39, 0.29) is 30.4 Å². The highest BCUT2D eigenvalue weighted by Crippen LogP contribution is 2.34. The van der Waals surface area contributed by atoms with Crippen molar-refractivity contribution in [2.75, 3.05) is 31.1 Å². The van der Waals surface area contributed by atoms with E-state index < -0.39 is 20.0 Å². The van der Waals surface area contributed by atoms with Crippen LogP contribution < -0.4 is 10.6 Å². The Kier molecular flexibility index (Phi) is 7.00. The summed E-state index contributed by atoms with van der Waals surface area (Å²) in [5, 5.41) is 9.67. The van der Waals surface area contributed by atoms with Crippen LogP contribution in [0, 0.1) is 11.2 Å². The Balaban J connectivity index is 1.98. The predicted octanol–water partition coefficient (Wildman–Crippen LogP) is 4.01. The molecule has 1 unspecified atom stereocenters. The van der Waals surface area contributed by atoms with Crippen molar-refractivity contribution in [2.24, 2.45) is 12.5 Å². The smallest absolute Gasteiger partial charge is 0.407 e. The van der Waals surface area contributed by atoms with Crippen LogP contribution in [0.5, 0.6) is 0 Å². The number of hydrogen-bond donors (Lipinski definition) is 1. The molecule has 3 rings (SSSR count). The van der Waals surface area contributed by atoms with Crippen LogP contribution in [0.3, 0.4) is 0 Å². The Labute approximate surface area is 195 Å². The molecule has 1 saturated heterocycles. The molecule has 0 radical (unpaired) electrons. The van der Waals surface area contributed by atoms with Crippen molar-refractivity contribution in [3.8, 4) is 0 Å². The zero-order valence-electron chi connectivity index (χ0n) is 20.8. The van der Waals surface area contributed by atoms with Crippen molar-refractivity contribution in [1.29, 1.82) is 0 Å². The number of halogens is 1. The van der Waals surface area contributed by atoms with Crippen LogP contribution in [0.1, 0.15) is 20.8 Å². The van der Waals surface area contributed by atoms with Gasteiger partial charge in [0.15, 0.2) is 0 Å². The Morgan fingerprint density at radius 1 is 1.24 bits per heavy atom. The summed E-state index contributed by atoms with van der Waals surface area (Å²) in [7, 11) is 0.388. The molecule has 1 amide bonds. The molecule has 1 aliphatic rings. The highest BCUT2D eigenvalue weighted by Gasteiger charge is 2.39. The molecule has 184 valence electrons. The molecule has 10 heteroatoms. The van der Waals surface area contributed by atoms with Crippen LogP contribution in [-0.2, 0) is 18.5 Å². The van der Waals surface area contributed by atoms with E-state index in [4.69, 9.17) is 4.74 Å². The van der Waals surface area contributed by atoms with Crippen molar-refractivity contribution < 1.29 is 19.0 Å². The van der Waals surface area contributed by atoms with Gasteiger partial charge in [-0.3, -0.25) is 9.13 Å². The number of aryl methyl sites for hydroxylation is 1. The number of ether oxygens (including phenoxy) is 1. The van der Waals surface area contributed by atoms with Gasteiger partial charge in [-0.15, -0.1) is 0 Å². The zero-order valence-corrected chi connectivity index (χ0v) is 21.8. The maximum absolute atomic E-state index is 15.2. The summed E-state index contributed by atoms with van der Waals surface area (Å²) >= 11 is 0. The third-order valence-electron chi connectivity index (χ3n) is 6.38. The molecule has 1 N–H and O–H groups in total. The van der Waals surface area contributed by atoms with Crippen LogP contribution >= 0.6 is 0 Å². The number of aromatic nitrogens is 2. The lowest BCUT2D eigenvalue weighted by Gasteiger charge is -2.46. The maximum Gasteiger partial charge on any atom is 0.407 e. The van der Waals surface area contributed by atoms with Crippen LogP contribution in [0.2, 0.25) is 25.7 Å². The third-order valence-corrected chi connectivity index (χ3v) is 8.09. The van der Waals surface area contributed by atoms with E-state index in [9.17, 15) is 14.7 Å². The molecule has 0 saturated carbocycles. The molecule has 0 spiro atoms. The monoisotopic (exact) mass is 480 g/mol. The number of benzene rings is 1. The first-order valence-electron chi connectivity index (χ1n) is 11.4. The minimum Gasteiger partial charge on any atom is -0.465 e. The number of nitrogens with zero attached hydrogens (tertiary/aromatic N) is 4. The van der Waals surface area contributed by atoms with Gasteiger partial charge in [-0.2, -0.15) is 0 Å². The molecular weight excluding hydrogens is 443 g/mol. The molecule has 1 fully saturated rings. The first-order valence-corrected chi connectivity index (χ1v) is 15.1. The van der Waals surface area contributed by atoms with Crippen LogP contribution in [0.4, 0.5) is 14.9 Å². The number of anilines is 1. The Morgan fingerprint density at radius 3 is 2.48 bits per heavy atom. The van der Waals surface area contributed by atoms with Crippen molar-refractivity contribution in [3.63, 3.8) is 0 Å². The SMILES string of the molecule is Cn1c(=O)n(COCC[Si](C)(C)C)c2ccc(F)c(N3CCN(C(=O)O)C(C(C)(C)C)C3)c21. The van der Waals surface area contributed by atoms with Gasteiger partial charge in [0.25, 0.3) is 0 Å². The van der Waals surface area contributed by atoms with E-state index in [0.29, 0.717) is 36.4 Å². The third kappa shape index (κ3) is 5.27. The van der Waals surface area contributed by atoms with Crippen molar-refractivity contribution in [1.82, 2.24) is 14.0 Å². The van der Waals surface area contributed by atoms with Crippen molar-refractivity contribution in [2.45, 2.75) is 59.2 Å². The number of amides is 1. The summed E-state index contributed by atoms with van der Waals surface area (Å²) in [4.78, 5) is 28.1. The van der Waals surface area contributed by atoms with Gasteiger partial charge in [-0.1, -0.05) is 40.4 Å². The highest BCUT2D eigenvalue weighted by atomic mass is 28.3. The Hall–Kier alpha value is -2.33.